The summed E-state index contributed by atoms with van der Waals surface area (Å²) in [6.45, 7) is 4.68. The number of amides is 3. The van der Waals surface area contributed by atoms with Crippen LogP contribution >= 0.6 is 0 Å². The predicted octanol–water partition coefficient (Wildman–Crippen LogP) is 3.70. The average Bonchev–Trinajstić information content (AvgIpc) is 3.61. The summed E-state index contributed by atoms with van der Waals surface area (Å²) in [5, 5.41) is 5.59. The van der Waals surface area contributed by atoms with E-state index in [0.717, 1.165) is 24.0 Å². The molecule has 2 N–H and O–H groups in total. The molecule has 3 amide bonds. The minimum Gasteiger partial charge on any atom is -0.459 e. The van der Waals surface area contributed by atoms with Gasteiger partial charge in [-0.15, -0.1) is 0 Å². The zero-order valence-corrected chi connectivity index (χ0v) is 20.5. The molecular weight excluding hydrogens is 458 g/mol. The Bertz CT molecular complexity index is 1190. The maximum absolute atomic E-state index is 13.7. The standard InChI is InChI=1S/C28H31N3O5/c1-19-12-13-22(16-20(19)2)31(25(32)18-30-27(33)24-11-7-15-36-24)26(21-8-4-3-5-9-21)28(34)29-17-23-10-6-14-35-23/h3-5,7-9,11-13,15-16,23,26H,6,10,14,17-18H2,1-2H3,(H,29,34)(H,30,33)/t23-,26-/m0/s1. The Morgan fingerprint density at radius 3 is 2.47 bits per heavy atom. The molecule has 0 bridgehead atoms. The third kappa shape index (κ3) is 6.01. The summed E-state index contributed by atoms with van der Waals surface area (Å²) in [4.78, 5) is 41.2. The van der Waals surface area contributed by atoms with E-state index in [-0.39, 0.29) is 24.3 Å². The molecule has 0 saturated carbocycles. The highest BCUT2D eigenvalue weighted by Crippen LogP contribution is 2.29. The first-order valence-corrected chi connectivity index (χ1v) is 12.1. The summed E-state index contributed by atoms with van der Waals surface area (Å²) in [7, 11) is 0. The fourth-order valence-electron chi connectivity index (χ4n) is 4.22. The van der Waals surface area contributed by atoms with Crippen molar-refractivity contribution in [2.24, 2.45) is 0 Å². The van der Waals surface area contributed by atoms with Crippen LogP contribution in [0.1, 0.15) is 46.1 Å². The topological polar surface area (TPSA) is 101 Å². The van der Waals surface area contributed by atoms with Gasteiger partial charge >= 0.3 is 0 Å². The molecule has 4 rings (SSSR count). The van der Waals surface area contributed by atoms with Gasteiger partial charge in [0, 0.05) is 18.8 Å². The first-order chi connectivity index (χ1) is 17.4. The molecule has 2 aromatic carbocycles. The molecular formula is C28H31N3O5. The molecule has 2 heterocycles. The summed E-state index contributed by atoms with van der Waals surface area (Å²) in [5.41, 5.74) is 3.27. The molecule has 1 fully saturated rings. The van der Waals surface area contributed by atoms with E-state index in [1.165, 1.54) is 17.2 Å². The summed E-state index contributed by atoms with van der Waals surface area (Å²) in [6.07, 6.45) is 3.20. The van der Waals surface area contributed by atoms with Gasteiger partial charge in [-0.05, 0) is 67.6 Å². The monoisotopic (exact) mass is 489 g/mol. The highest BCUT2D eigenvalue weighted by atomic mass is 16.5. The number of nitrogens with one attached hydrogen (secondary N) is 2. The number of nitrogens with zero attached hydrogens (tertiary/aromatic N) is 1. The largest absolute Gasteiger partial charge is 0.459 e. The van der Waals surface area contributed by atoms with Crippen molar-refractivity contribution in [3.05, 3.63) is 89.4 Å². The van der Waals surface area contributed by atoms with E-state index in [4.69, 9.17) is 9.15 Å². The second kappa shape index (κ2) is 11.7. The minimum atomic E-state index is -0.942. The molecule has 188 valence electrons. The molecule has 0 aliphatic carbocycles. The van der Waals surface area contributed by atoms with Crippen molar-refractivity contribution in [1.82, 2.24) is 10.6 Å². The Kier molecular flexibility index (Phi) is 8.17. The lowest BCUT2D eigenvalue weighted by Crippen LogP contribution is -2.48. The number of carbonyl (C=O) groups is 3. The van der Waals surface area contributed by atoms with E-state index in [1.54, 1.807) is 6.07 Å². The number of anilines is 1. The average molecular weight is 490 g/mol. The van der Waals surface area contributed by atoms with Gasteiger partial charge in [-0.1, -0.05) is 36.4 Å². The predicted molar refractivity (Wildman–Crippen MR) is 136 cm³/mol. The van der Waals surface area contributed by atoms with Crippen LogP contribution in [0.2, 0.25) is 0 Å². The Morgan fingerprint density at radius 2 is 1.81 bits per heavy atom. The number of hydrogen-bond acceptors (Lipinski definition) is 5. The van der Waals surface area contributed by atoms with Crippen molar-refractivity contribution in [2.45, 2.75) is 38.8 Å². The quantitative estimate of drug-likeness (QED) is 0.477. The molecule has 1 saturated heterocycles. The summed E-state index contributed by atoms with van der Waals surface area (Å²) in [6, 6.07) is 16.9. The fraction of sp³-hybridized carbons (Fsp3) is 0.321. The van der Waals surface area contributed by atoms with E-state index in [0.29, 0.717) is 24.4 Å². The van der Waals surface area contributed by atoms with Crippen LogP contribution in [0.15, 0.2) is 71.3 Å². The van der Waals surface area contributed by atoms with Crippen LogP contribution in [0.25, 0.3) is 0 Å². The van der Waals surface area contributed by atoms with Crippen LogP contribution in [0, 0.1) is 13.8 Å². The lowest BCUT2D eigenvalue weighted by Gasteiger charge is -2.32. The Balaban J connectivity index is 1.65. The number of hydrogen-bond donors (Lipinski definition) is 2. The van der Waals surface area contributed by atoms with E-state index >= 15 is 0 Å². The van der Waals surface area contributed by atoms with Gasteiger partial charge in [-0.3, -0.25) is 19.3 Å². The van der Waals surface area contributed by atoms with E-state index in [9.17, 15) is 14.4 Å². The smallest absolute Gasteiger partial charge is 0.287 e. The molecule has 1 aromatic heterocycles. The number of rotatable bonds is 9. The number of aryl methyl sites for hydroxylation is 2. The van der Waals surface area contributed by atoms with E-state index in [2.05, 4.69) is 10.6 Å². The zero-order chi connectivity index (χ0) is 25.5. The second-order valence-electron chi connectivity index (χ2n) is 8.89. The van der Waals surface area contributed by atoms with Crippen LogP contribution < -0.4 is 15.5 Å². The van der Waals surface area contributed by atoms with E-state index in [1.807, 2.05) is 62.4 Å². The Morgan fingerprint density at radius 1 is 1.00 bits per heavy atom. The van der Waals surface area contributed by atoms with Crippen LogP contribution in [0.5, 0.6) is 0 Å². The van der Waals surface area contributed by atoms with Gasteiger partial charge in [0.05, 0.1) is 18.9 Å². The normalized spacial score (nSPS) is 15.8. The third-order valence-electron chi connectivity index (χ3n) is 6.33. The van der Waals surface area contributed by atoms with Crippen molar-refractivity contribution in [3.63, 3.8) is 0 Å². The Hall–Kier alpha value is -3.91. The van der Waals surface area contributed by atoms with Crippen molar-refractivity contribution >= 4 is 23.4 Å². The van der Waals surface area contributed by atoms with E-state index < -0.39 is 17.9 Å². The molecule has 1 aliphatic rings. The zero-order valence-electron chi connectivity index (χ0n) is 20.5. The van der Waals surface area contributed by atoms with Gasteiger partial charge < -0.3 is 19.8 Å². The van der Waals surface area contributed by atoms with Gasteiger partial charge in [0.25, 0.3) is 5.91 Å². The summed E-state index contributed by atoms with van der Waals surface area (Å²) in [5.74, 6) is -1.15. The third-order valence-corrected chi connectivity index (χ3v) is 6.33. The molecule has 2 atom stereocenters. The van der Waals surface area contributed by atoms with Gasteiger partial charge in [-0.25, -0.2) is 0 Å². The highest BCUT2D eigenvalue weighted by molar-refractivity contribution is 6.04. The van der Waals surface area contributed by atoms with Crippen molar-refractivity contribution in [1.29, 1.82) is 0 Å². The summed E-state index contributed by atoms with van der Waals surface area (Å²) < 4.78 is 10.8. The molecule has 0 radical (unpaired) electrons. The maximum atomic E-state index is 13.7. The van der Waals surface area contributed by atoms with Crippen LogP contribution in [0.4, 0.5) is 5.69 Å². The van der Waals surface area contributed by atoms with Crippen LogP contribution in [-0.2, 0) is 14.3 Å². The van der Waals surface area contributed by atoms with Crippen LogP contribution in [0.3, 0.4) is 0 Å². The molecule has 8 heteroatoms. The number of carbonyl (C=O) groups excluding carboxylic acids is 3. The first kappa shape index (κ1) is 25.2. The molecule has 0 unspecified atom stereocenters. The SMILES string of the molecule is Cc1ccc(N(C(=O)CNC(=O)c2ccco2)[C@H](C(=O)NC[C@@H]2CCCO2)c2ccccc2)cc1C. The fourth-order valence-corrected chi connectivity index (χ4v) is 4.22. The first-order valence-electron chi connectivity index (χ1n) is 12.1. The summed E-state index contributed by atoms with van der Waals surface area (Å²) >= 11 is 0. The molecule has 8 nitrogen and oxygen atoms in total. The molecule has 1 aliphatic heterocycles. The van der Waals surface area contributed by atoms with Gasteiger partial charge in [-0.2, -0.15) is 0 Å². The van der Waals surface area contributed by atoms with Crippen molar-refractivity contribution in [2.75, 3.05) is 24.6 Å². The second-order valence-corrected chi connectivity index (χ2v) is 8.89. The number of benzene rings is 2. The molecule has 36 heavy (non-hydrogen) atoms. The van der Waals surface area contributed by atoms with Crippen molar-refractivity contribution < 1.29 is 23.5 Å². The number of ether oxygens (including phenoxy) is 1. The van der Waals surface area contributed by atoms with Gasteiger partial charge in [0.15, 0.2) is 5.76 Å². The van der Waals surface area contributed by atoms with Crippen LogP contribution in [-0.4, -0.2) is 43.5 Å². The Labute approximate surface area is 210 Å². The lowest BCUT2D eigenvalue weighted by molar-refractivity contribution is -0.126. The molecule has 3 aromatic rings. The minimum absolute atomic E-state index is 0.0382. The van der Waals surface area contributed by atoms with Gasteiger partial charge in [0.1, 0.15) is 6.04 Å². The number of furan rings is 1. The maximum Gasteiger partial charge on any atom is 0.287 e. The van der Waals surface area contributed by atoms with Gasteiger partial charge in [0.2, 0.25) is 11.8 Å². The highest BCUT2D eigenvalue weighted by Gasteiger charge is 2.33. The molecule has 0 spiro atoms. The lowest BCUT2D eigenvalue weighted by atomic mass is 10.0. The van der Waals surface area contributed by atoms with Crippen molar-refractivity contribution in [3.8, 4) is 0 Å².